The summed E-state index contributed by atoms with van der Waals surface area (Å²) in [6.45, 7) is 9.35. The maximum Gasteiger partial charge on any atom is 0.291 e. The van der Waals surface area contributed by atoms with E-state index in [9.17, 15) is 9.59 Å². The number of hydrogen-bond acceptors (Lipinski definition) is 4. The largest absolute Gasteiger partial charge is 0.353 e. The zero-order chi connectivity index (χ0) is 19.6. The second-order valence-electron chi connectivity index (χ2n) is 6.72. The summed E-state index contributed by atoms with van der Waals surface area (Å²) in [6.07, 6.45) is 1.70. The summed E-state index contributed by atoms with van der Waals surface area (Å²) >= 11 is 0. The van der Waals surface area contributed by atoms with Gasteiger partial charge in [-0.05, 0) is 26.1 Å². The quantitative estimate of drug-likeness (QED) is 0.690. The van der Waals surface area contributed by atoms with E-state index in [0.29, 0.717) is 12.1 Å². The van der Waals surface area contributed by atoms with Crippen LogP contribution in [0.4, 0.5) is 0 Å². The first-order valence-electron chi connectivity index (χ1n) is 9.44. The first-order chi connectivity index (χ1) is 13.0. The van der Waals surface area contributed by atoms with E-state index >= 15 is 0 Å². The summed E-state index contributed by atoms with van der Waals surface area (Å²) in [6, 6.07) is 7.24. The Labute approximate surface area is 158 Å². The van der Waals surface area contributed by atoms with Gasteiger partial charge in [-0.3, -0.25) is 9.59 Å². The molecular formula is C20H27N5O2. The standard InChI is InChI=1S/C20H27N5O2/c1-5-24(6-2)12-11-21-19(26)14(3)25-17-10-8-7-9-15(17)16-13-22-23(4)20(27)18(16)25/h7-10,13-14H,5-6,11-12H2,1-4H3,(H,21,26). The smallest absolute Gasteiger partial charge is 0.291 e. The average molecular weight is 369 g/mol. The van der Waals surface area contributed by atoms with Crippen LogP contribution in [-0.2, 0) is 11.8 Å². The normalized spacial score (nSPS) is 12.8. The van der Waals surface area contributed by atoms with Crippen molar-refractivity contribution in [3.63, 3.8) is 0 Å². The van der Waals surface area contributed by atoms with E-state index in [2.05, 4.69) is 29.2 Å². The minimum Gasteiger partial charge on any atom is -0.353 e. The highest BCUT2D eigenvalue weighted by molar-refractivity contribution is 6.08. The SMILES string of the molecule is CCN(CC)CCNC(=O)C(C)n1c2ccccc2c2cnn(C)c(=O)c21. The third-order valence-electron chi connectivity index (χ3n) is 5.19. The number of carbonyl (C=O) groups excluding carboxylic acids is 1. The molecule has 1 aromatic carbocycles. The van der Waals surface area contributed by atoms with Crippen LogP contribution < -0.4 is 10.9 Å². The van der Waals surface area contributed by atoms with Crippen molar-refractivity contribution in [3.05, 3.63) is 40.8 Å². The summed E-state index contributed by atoms with van der Waals surface area (Å²) in [4.78, 5) is 27.8. The topological polar surface area (TPSA) is 72.2 Å². The van der Waals surface area contributed by atoms with Crippen LogP contribution in [0, 0.1) is 0 Å². The molecule has 2 heterocycles. The Morgan fingerprint density at radius 2 is 1.93 bits per heavy atom. The lowest BCUT2D eigenvalue weighted by Gasteiger charge is -2.20. The number of carbonyl (C=O) groups is 1. The van der Waals surface area contributed by atoms with Gasteiger partial charge < -0.3 is 14.8 Å². The number of hydrogen-bond donors (Lipinski definition) is 1. The number of benzene rings is 1. The molecule has 7 heteroatoms. The molecule has 3 aromatic rings. The van der Waals surface area contributed by atoms with Crippen molar-refractivity contribution in [2.75, 3.05) is 26.2 Å². The molecule has 1 atom stereocenters. The van der Waals surface area contributed by atoms with Crippen LogP contribution in [0.1, 0.15) is 26.8 Å². The maximum atomic E-state index is 12.8. The molecule has 1 N–H and O–H groups in total. The number of rotatable bonds is 7. The first-order valence-corrected chi connectivity index (χ1v) is 9.44. The Kier molecular flexibility index (Phi) is 5.60. The molecule has 0 aliphatic rings. The van der Waals surface area contributed by atoms with Gasteiger partial charge in [-0.1, -0.05) is 32.0 Å². The van der Waals surface area contributed by atoms with Crippen molar-refractivity contribution in [2.24, 2.45) is 7.05 Å². The van der Waals surface area contributed by atoms with Crippen LogP contribution in [0.15, 0.2) is 35.3 Å². The number of fused-ring (bicyclic) bond motifs is 3. The average Bonchev–Trinajstić information content (AvgIpc) is 3.02. The minimum atomic E-state index is -0.501. The summed E-state index contributed by atoms with van der Waals surface area (Å²) in [5, 5.41) is 8.86. The predicted molar refractivity (Wildman–Crippen MR) is 108 cm³/mol. The van der Waals surface area contributed by atoms with Crippen LogP contribution in [0.2, 0.25) is 0 Å². The third kappa shape index (κ3) is 3.47. The molecule has 0 radical (unpaired) electrons. The summed E-state index contributed by atoms with van der Waals surface area (Å²) < 4.78 is 3.14. The van der Waals surface area contributed by atoms with E-state index in [4.69, 9.17) is 0 Å². The zero-order valence-corrected chi connectivity index (χ0v) is 16.4. The highest BCUT2D eigenvalue weighted by Gasteiger charge is 2.23. The number of amides is 1. The monoisotopic (exact) mass is 369 g/mol. The van der Waals surface area contributed by atoms with Crippen LogP contribution in [0.25, 0.3) is 21.8 Å². The van der Waals surface area contributed by atoms with Gasteiger partial charge in [0.05, 0.1) is 11.7 Å². The molecule has 0 aliphatic heterocycles. The number of para-hydroxylation sites is 1. The fraction of sp³-hybridized carbons (Fsp3) is 0.450. The lowest BCUT2D eigenvalue weighted by Crippen LogP contribution is -2.38. The van der Waals surface area contributed by atoms with E-state index in [1.807, 2.05) is 35.8 Å². The van der Waals surface area contributed by atoms with Gasteiger partial charge in [-0.25, -0.2) is 4.68 Å². The Balaban J connectivity index is 1.98. The molecule has 1 amide bonds. The van der Waals surface area contributed by atoms with Crippen molar-refractivity contribution < 1.29 is 4.79 Å². The highest BCUT2D eigenvalue weighted by atomic mass is 16.2. The fourth-order valence-electron chi connectivity index (χ4n) is 3.53. The first kappa shape index (κ1) is 19.1. The molecule has 0 saturated heterocycles. The summed E-state index contributed by atoms with van der Waals surface area (Å²) in [7, 11) is 1.62. The number of likely N-dealkylation sites (N-methyl/N-ethyl adjacent to an activating group) is 1. The molecule has 0 fully saturated rings. The van der Waals surface area contributed by atoms with Crippen LogP contribution >= 0.6 is 0 Å². The van der Waals surface area contributed by atoms with Crippen molar-refractivity contribution in [2.45, 2.75) is 26.8 Å². The highest BCUT2D eigenvalue weighted by Crippen LogP contribution is 2.29. The lowest BCUT2D eigenvalue weighted by atomic mass is 10.2. The van der Waals surface area contributed by atoms with Gasteiger partial charge in [0.25, 0.3) is 5.56 Å². The fourth-order valence-corrected chi connectivity index (χ4v) is 3.53. The molecule has 1 unspecified atom stereocenters. The summed E-state index contributed by atoms with van der Waals surface area (Å²) in [5.41, 5.74) is 1.18. The van der Waals surface area contributed by atoms with Gasteiger partial charge in [-0.2, -0.15) is 5.10 Å². The molecule has 0 bridgehead atoms. The van der Waals surface area contributed by atoms with Gasteiger partial charge in [-0.15, -0.1) is 0 Å². The Hall–Kier alpha value is -2.67. The lowest BCUT2D eigenvalue weighted by molar-refractivity contribution is -0.123. The molecule has 27 heavy (non-hydrogen) atoms. The number of aromatic nitrogens is 3. The van der Waals surface area contributed by atoms with Crippen LogP contribution in [0.3, 0.4) is 0 Å². The third-order valence-corrected chi connectivity index (χ3v) is 5.19. The summed E-state index contributed by atoms with van der Waals surface area (Å²) in [5.74, 6) is -0.0938. The van der Waals surface area contributed by atoms with Crippen LogP contribution in [-0.4, -0.2) is 51.3 Å². The van der Waals surface area contributed by atoms with E-state index in [0.717, 1.165) is 35.9 Å². The zero-order valence-electron chi connectivity index (χ0n) is 16.4. The second-order valence-corrected chi connectivity index (χ2v) is 6.72. The van der Waals surface area contributed by atoms with E-state index in [-0.39, 0.29) is 11.5 Å². The van der Waals surface area contributed by atoms with Gasteiger partial charge in [0.1, 0.15) is 11.6 Å². The molecule has 0 spiro atoms. The van der Waals surface area contributed by atoms with Gasteiger partial charge in [0.15, 0.2) is 0 Å². The Bertz CT molecular complexity index is 1020. The second kappa shape index (κ2) is 7.92. The molecule has 3 rings (SSSR count). The van der Waals surface area contributed by atoms with E-state index in [1.165, 1.54) is 4.68 Å². The minimum absolute atomic E-state index is 0.0938. The van der Waals surface area contributed by atoms with E-state index < -0.39 is 6.04 Å². The molecular weight excluding hydrogens is 342 g/mol. The molecule has 2 aromatic heterocycles. The van der Waals surface area contributed by atoms with Gasteiger partial charge in [0.2, 0.25) is 5.91 Å². The Morgan fingerprint density at radius 3 is 2.63 bits per heavy atom. The number of aryl methyl sites for hydroxylation is 1. The molecule has 0 saturated carbocycles. The van der Waals surface area contributed by atoms with Gasteiger partial charge >= 0.3 is 0 Å². The van der Waals surface area contributed by atoms with Crippen molar-refractivity contribution in [1.29, 1.82) is 0 Å². The maximum absolute atomic E-state index is 12.8. The van der Waals surface area contributed by atoms with E-state index in [1.54, 1.807) is 13.2 Å². The van der Waals surface area contributed by atoms with Crippen molar-refractivity contribution >= 4 is 27.7 Å². The molecule has 0 aliphatic carbocycles. The molecule has 7 nitrogen and oxygen atoms in total. The van der Waals surface area contributed by atoms with Crippen molar-refractivity contribution in [3.8, 4) is 0 Å². The molecule has 144 valence electrons. The predicted octanol–water partition coefficient (Wildman–Crippen LogP) is 1.91. The number of nitrogens with zero attached hydrogens (tertiary/aromatic N) is 4. The van der Waals surface area contributed by atoms with Crippen LogP contribution in [0.5, 0.6) is 0 Å². The Morgan fingerprint density at radius 1 is 1.22 bits per heavy atom. The van der Waals surface area contributed by atoms with Crippen molar-refractivity contribution in [1.82, 2.24) is 24.6 Å². The van der Waals surface area contributed by atoms with Gasteiger partial charge in [0, 0.05) is 30.9 Å². The number of nitrogens with one attached hydrogen (secondary N) is 1.